The van der Waals surface area contributed by atoms with Crippen LogP contribution in [-0.2, 0) is 0 Å². The van der Waals surface area contributed by atoms with Crippen LogP contribution >= 0.6 is 0 Å². The Bertz CT molecular complexity index is 663. The van der Waals surface area contributed by atoms with Crippen LogP contribution in [-0.4, -0.2) is 66.8 Å². The summed E-state index contributed by atoms with van der Waals surface area (Å²) in [4.78, 5) is 0. The highest BCUT2D eigenvalue weighted by molar-refractivity contribution is 5.18. The first-order chi connectivity index (χ1) is 13.6. The molecule has 0 aromatic heterocycles. The topological polar surface area (TPSA) is 40.1 Å². The third-order valence-electron chi connectivity index (χ3n) is 3.54. The van der Waals surface area contributed by atoms with Crippen LogP contribution in [0.15, 0.2) is 0 Å². The van der Waals surface area contributed by atoms with Crippen LogP contribution in [0.2, 0.25) is 0 Å². The molecule has 32 heavy (non-hydrogen) atoms. The maximum atomic E-state index is 13.3. The first kappa shape index (κ1) is 30.6. The van der Waals surface area contributed by atoms with Crippen molar-refractivity contribution in [1.82, 2.24) is 0 Å². The molecule has 2 N–H and O–H groups in total. The molecule has 0 rings (SSSR count). The number of hydrogen-bond donors (Lipinski definition) is 1. The van der Waals surface area contributed by atoms with Crippen molar-refractivity contribution in [3.05, 3.63) is 5.32 Å². The van der Waals surface area contributed by atoms with Crippen LogP contribution < -0.4 is 5.73 Å². The summed E-state index contributed by atoms with van der Waals surface area (Å²) in [6, 6.07) is -6.83. The number of alkyl halides is 19. The van der Waals surface area contributed by atoms with Gasteiger partial charge in [-0.25, -0.2) is 8.78 Å². The molecule has 0 aromatic carbocycles. The van der Waals surface area contributed by atoms with Gasteiger partial charge in [-0.15, -0.1) is 6.54 Å². The molecular weight excluding hydrogens is 521 g/mol. The molecule has 0 bridgehead atoms. The van der Waals surface area contributed by atoms with Gasteiger partial charge in [0.15, 0.2) is 0 Å². The molecule has 0 spiro atoms. The van der Waals surface area contributed by atoms with E-state index in [-0.39, 0.29) is 0 Å². The number of hydrogen-bond acceptors (Lipinski definition) is 1. The number of nitrogens with zero attached hydrogens (tertiary/aromatic N) is 1. The van der Waals surface area contributed by atoms with E-state index in [0.29, 0.717) is 0 Å². The maximum absolute atomic E-state index is 13.3. The van der Waals surface area contributed by atoms with Crippen LogP contribution in [0.1, 0.15) is 0 Å². The molecular formula is C11H6F19N2-. The van der Waals surface area contributed by atoms with Crippen LogP contribution in [0.4, 0.5) is 83.4 Å². The zero-order valence-corrected chi connectivity index (χ0v) is 14.1. The standard InChI is InChI=1S/C11H6F19N2/c12-3(13,4(14,15)6(18,19)8(22,23)10(26,27)28)5(16,17)7(20,21)9(24,25)11(29,30)32-2-1-31/h1-2,31H2/q-1. The van der Waals surface area contributed by atoms with E-state index < -0.39 is 66.8 Å². The number of nitrogens with two attached hydrogens (primary N) is 1. The molecule has 2 nitrogen and oxygen atoms in total. The minimum absolute atomic E-state index is 1.19. The molecule has 0 saturated heterocycles. The second-order valence-electron chi connectivity index (χ2n) is 5.73. The Balaban J connectivity index is 6.79. The van der Waals surface area contributed by atoms with Gasteiger partial charge >= 0.3 is 47.6 Å². The molecule has 0 heterocycles. The van der Waals surface area contributed by atoms with E-state index in [4.69, 9.17) is 0 Å². The molecule has 0 atom stereocenters. The third kappa shape index (κ3) is 3.81. The van der Waals surface area contributed by atoms with Gasteiger partial charge < -0.3 is 11.1 Å². The highest BCUT2D eigenvalue weighted by atomic mass is 19.4. The van der Waals surface area contributed by atoms with Crippen molar-refractivity contribution in [3.8, 4) is 0 Å². The first-order valence-electron chi connectivity index (χ1n) is 7.04. The lowest BCUT2D eigenvalue weighted by Crippen LogP contribution is -2.75. The Labute approximate surface area is 162 Å². The SMILES string of the molecule is NCC[N-]C(F)(F)C(F)(F)C(F)(F)C(F)(F)C(F)(F)C(F)(F)C(F)(F)C(F)(F)C(F)(F)F. The highest BCUT2D eigenvalue weighted by Crippen LogP contribution is 2.65. The molecule has 0 saturated carbocycles. The zero-order valence-electron chi connectivity index (χ0n) is 14.1. The molecule has 0 unspecified atom stereocenters. The van der Waals surface area contributed by atoms with Gasteiger partial charge in [0, 0.05) is 0 Å². The number of rotatable bonds is 10. The minimum atomic E-state index is -8.92. The van der Waals surface area contributed by atoms with E-state index >= 15 is 0 Å². The summed E-state index contributed by atoms with van der Waals surface area (Å²) in [6.45, 7) is -2.96. The second kappa shape index (κ2) is 7.83. The van der Waals surface area contributed by atoms with Crippen molar-refractivity contribution >= 4 is 0 Å². The average molecular weight is 527 g/mol. The zero-order chi connectivity index (χ0) is 26.6. The van der Waals surface area contributed by atoms with E-state index in [9.17, 15) is 83.4 Å². The van der Waals surface area contributed by atoms with Gasteiger partial charge in [0.2, 0.25) is 6.05 Å². The summed E-state index contributed by atoms with van der Waals surface area (Å²) in [5.41, 5.74) is 4.45. The van der Waals surface area contributed by atoms with Crippen LogP contribution in [0.25, 0.3) is 5.32 Å². The molecule has 0 amide bonds. The normalized spacial score (nSPS) is 16.5. The van der Waals surface area contributed by atoms with Crippen LogP contribution in [0.5, 0.6) is 0 Å². The Morgan fingerprint density at radius 2 is 0.656 bits per heavy atom. The van der Waals surface area contributed by atoms with Crippen molar-refractivity contribution < 1.29 is 83.4 Å². The summed E-state index contributed by atoms with van der Waals surface area (Å²) in [5, 5.41) is 1.32. The van der Waals surface area contributed by atoms with E-state index in [1.54, 1.807) is 0 Å². The highest BCUT2D eigenvalue weighted by Gasteiger charge is 2.96. The Hall–Kier alpha value is -1.41. The molecule has 194 valence electrons. The molecule has 21 heteroatoms. The second-order valence-corrected chi connectivity index (χ2v) is 5.73. The van der Waals surface area contributed by atoms with Crippen LogP contribution in [0, 0.1) is 0 Å². The van der Waals surface area contributed by atoms with Gasteiger partial charge in [0.05, 0.1) is 0 Å². The summed E-state index contributed by atoms with van der Waals surface area (Å²) >= 11 is 0. The van der Waals surface area contributed by atoms with Crippen molar-refractivity contribution in [2.45, 2.75) is 53.7 Å². The smallest absolute Gasteiger partial charge is 0.460 e. The summed E-state index contributed by atoms with van der Waals surface area (Å²) in [7, 11) is 0. The lowest BCUT2D eigenvalue weighted by atomic mass is 9.88. The quantitative estimate of drug-likeness (QED) is 0.278. The fourth-order valence-electron chi connectivity index (χ4n) is 1.66. The summed E-state index contributed by atoms with van der Waals surface area (Å²) < 4.78 is 245. The lowest BCUT2D eigenvalue weighted by molar-refractivity contribution is -0.467. The van der Waals surface area contributed by atoms with Crippen molar-refractivity contribution in [2.24, 2.45) is 5.73 Å². The fraction of sp³-hybridized carbons (Fsp3) is 1.00. The van der Waals surface area contributed by atoms with E-state index in [1.165, 1.54) is 5.32 Å². The maximum Gasteiger partial charge on any atom is 0.460 e. The van der Waals surface area contributed by atoms with E-state index in [0.717, 1.165) is 0 Å². The van der Waals surface area contributed by atoms with Crippen LogP contribution in [0.3, 0.4) is 0 Å². The fourth-order valence-corrected chi connectivity index (χ4v) is 1.66. The van der Waals surface area contributed by atoms with Gasteiger partial charge in [0.25, 0.3) is 0 Å². The molecule has 0 radical (unpaired) electrons. The predicted molar refractivity (Wildman–Crippen MR) is 62.9 cm³/mol. The third-order valence-corrected chi connectivity index (χ3v) is 3.54. The van der Waals surface area contributed by atoms with Crippen molar-refractivity contribution in [1.29, 1.82) is 0 Å². The molecule has 0 aliphatic carbocycles. The Morgan fingerprint density at radius 3 is 0.906 bits per heavy atom. The van der Waals surface area contributed by atoms with Gasteiger partial charge in [-0.2, -0.15) is 74.6 Å². The molecule has 0 aliphatic rings. The van der Waals surface area contributed by atoms with Gasteiger partial charge in [-0.3, -0.25) is 0 Å². The summed E-state index contributed by atoms with van der Waals surface area (Å²) in [6.07, 6.45) is -7.90. The summed E-state index contributed by atoms with van der Waals surface area (Å²) in [5.74, 6) is -60.1. The monoisotopic (exact) mass is 527 g/mol. The molecule has 0 aromatic rings. The van der Waals surface area contributed by atoms with Gasteiger partial charge in [0.1, 0.15) is 0 Å². The molecule has 0 aliphatic heterocycles. The van der Waals surface area contributed by atoms with E-state index in [1.807, 2.05) is 0 Å². The minimum Gasteiger partial charge on any atom is -0.594 e. The lowest BCUT2D eigenvalue weighted by Gasteiger charge is -2.46. The van der Waals surface area contributed by atoms with Gasteiger partial charge in [-0.05, 0) is 6.54 Å². The largest absolute Gasteiger partial charge is 0.594 e. The number of halogens is 19. The average Bonchev–Trinajstić information content (AvgIpc) is 2.57. The first-order valence-corrected chi connectivity index (χ1v) is 7.04. The molecule has 0 fully saturated rings. The van der Waals surface area contributed by atoms with Gasteiger partial charge in [-0.1, -0.05) is 0 Å². The van der Waals surface area contributed by atoms with Crippen molar-refractivity contribution in [3.63, 3.8) is 0 Å². The Kier molecular flexibility index (Phi) is 7.48. The Morgan fingerprint density at radius 1 is 0.406 bits per heavy atom. The predicted octanol–water partition coefficient (Wildman–Crippen LogP) is 5.92. The van der Waals surface area contributed by atoms with E-state index in [2.05, 4.69) is 5.73 Å². The van der Waals surface area contributed by atoms with Crippen molar-refractivity contribution in [2.75, 3.05) is 13.1 Å².